The van der Waals surface area contributed by atoms with E-state index in [1.165, 1.54) is 38.6 Å². The van der Waals surface area contributed by atoms with Gasteiger partial charge in [-0.1, -0.05) is 13.3 Å². The summed E-state index contributed by atoms with van der Waals surface area (Å²) in [5, 5.41) is 0. The van der Waals surface area contributed by atoms with Crippen LogP contribution < -0.4 is 5.73 Å². The summed E-state index contributed by atoms with van der Waals surface area (Å²) < 4.78 is 0. The standard InChI is InChI=1S/C14H29N3/c1-4-5-8-17(13-6-7-13)14(10-15)9-12(2)16(3)11-14/h12-13H,4-11,15H2,1-3H3. The molecule has 2 rings (SSSR count). The van der Waals surface area contributed by atoms with Gasteiger partial charge in [-0.2, -0.15) is 0 Å². The predicted molar refractivity (Wildman–Crippen MR) is 73.1 cm³/mol. The summed E-state index contributed by atoms with van der Waals surface area (Å²) in [5.41, 5.74) is 6.43. The van der Waals surface area contributed by atoms with Crippen molar-refractivity contribution in [3.63, 3.8) is 0 Å². The number of likely N-dealkylation sites (tertiary alicyclic amines) is 1. The van der Waals surface area contributed by atoms with Gasteiger partial charge in [0.1, 0.15) is 0 Å². The van der Waals surface area contributed by atoms with E-state index in [0.29, 0.717) is 6.04 Å². The first-order valence-corrected chi connectivity index (χ1v) is 7.30. The van der Waals surface area contributed by atoms with Crippen molar-refractivity contribution in [2.75, 3.05) is 26.7 Å². The Kier molecular flexibility index (Phi) is 4.11. The number of nitrogens with two attached hydrogens (primary N) is 1. The van der Waals surface area contributed by atoms with Crippen molar-refractivity contribution in [3.8, 4) is 0 Å². The Morgan fingerprint density at radius 3 is 2.53 bits per heavy atom. The van der Waals surface area contributed by atoms with Crippen molar-refractivity contribution in [1.82, 2.24) is 9.80 Å². The van der Waals surface area contributed by atoms with E-state index in [2.05, 4.69) is 30.7 Å². The van der Waals surface area contributed by atoms with Crippen LogP contribution in [-0.2, 0) is 0 Å². The third-order valence-electron chi connectivity index (χ3n) is 4.70. The van der Waals surface area contributed by atoms with Crippen LogP contribution in [0.25, 0.3) is 0 Å². The van der Waals surface area contributed by atoms with Crippen molar-refractivity contribution in [2.24, 2.45) is 5.73 Å². The molecule has 3 nitrogen and oxygen atoms in total. The van der Waals surface area contributed by atoms with Gasteiger partial charge in [-0.05, 0) is 46.2 Å². The minimum Gasteiger partial charge on any atom is -0.329 e. The van der Waals surface area contributed by atoms with Gasteiger partial charge < -0.3 is 10.6 Å². The molecule has 1 heterocycles. The Balaban J connectivity index is 2.08. The summed E-state index contributed by atoms with van der Waals surface area (Å²) in [6.45, 7) is 7.84. The van der Waals surface area contributed by atoms with Gasteiger partial charge >= 0.3 is 0 Å². The third-order valence-corrected chi connectivity index (χ3v) is 4.70. The second kappa shape index (κ2) is 5.25. The number of nitrogens with zero attached hydrogens (tertiary/aromatic N) is 2. The number of likely N-dealkylation sites (N-methyl/N-ethyl adjacent to an activating group) is 1. The third kappa shape index (κ3) is 2.67. The SMILES string of the molecule is CCCCN(C1CC1)C1(CN)CC(C)N(C)C1. The summed E-state index contributed by atoms with van der Waals surface area (Å²) in [5.74, 6) is 0. The number of rotatable bonds is 6. The summed E-state index contributed by atoms with van der Waals surface area (Å²) in [4.78, 5) is 5.24. The molecule has 1 aliphatic heterocycles. The minimum absolute atomic E-state index is 0.268. The van der Waals surface area contributed by atoms with Crippen LogP contribution in [0.3, 0.4) is 0 Å². The molecule has 2 unspecified atom stereocenters. The molecule has 0 amide bonds. The highest BCUT2D eigenvalue weighted by molar-refractivity contribution is 5.06. The van der Waals surface area contributed by atoms with Gasteiger partial charge in [0.25, 0.3) is 0 Å². The molecule has 2 atom stereocenters. The van der Waals surface area contributed by atoms with Gasteiger partial charge in [0.2, 0.25) is 0 Å². The molecule has 2 aliphatic rings. The lowest BCUT2D eigenvalue weighted by Gasteiger charge is -2.41. The summed E-state index contributed by atoms with van der Waals surface area (Å²) in [6, 6.07) is 1.52. The first kappa shape index (κ1) is 13.3. The topological polar surface area (TPSA) is 32.5 Å². The lowest BCUT2D eigenvalue weighted by Crippen LogP contribution is -2.56. The molecule has 3 heteroatoms. The average molecular weight is 239 g/mol. The van der Waals surface area contributed by atoms with Crippen LogP contribution in [0.4, 0.5) is 0 Å². The molecule has 0 bridgehead atoms. The molecule has 0 spiro atoms. The van der Waals surface area contributed by atoms with E-state index in [4.69, 9.17) is 5.73 Å². The monoisotopic (exact) mass is 239 g/mol. The lowest BCUT2D eigenvalue weighted by atomic mass is 9.93. The highest BCUT2D eigenvalue weighted by Crippen LogP contribution is 2.39. The summed E-state index contributed by atoms with van der Waals surface area (Å²) >= 11 is 0. The normalized spacial score (nSPS) is 34.8. The maximum atomic E-state index is 6.16. The van der Waals surface area contributed by atoms with Crippen molar-refractivity contribution in [2.45, 2.75) is 63.6 Å². The fraction of sp³-hybridized carbons (Fsp3) is 1.00. The summed E-state index contributed by atoms with van der Waals surface area (Å²) in [7, 11) is 2.24. The van der Waals surface area contributed by atoms with Crippen molar-refractivity contribution < 1.29 is 0 Å². The van der Waals surface area contributed by atoms with E-state index in [1.54, 1.807) is 0 Å². The molecule has 1 saturated carbocycles. The van der Waals surface area contributed by atoms with Gasteiger partial charge in [0, 0.05) is 30.7 Å². The molecule has 1 aliphatic carbocycles. The fourth-order valence-corrected chi connectivity index (χ4v) is 3.39. The van der Waals surface area contributed by atoms with Gasteiger partial charge in [-0.25, -0.2) is 0 Å². The van der Waals surface area contributed by atoms with Crippen LogP contribution in [0.5, 0.6) is 0 Å². The van der Waals surface area contributed by atoms with Crippen LogP contribution in [0.1, 0.15) is 46.0 Å². The van der Waals surface area contributed by atoms with Gasteiger partial charge in [-0.15, -0.1) is 0 Å². The Hall–Kier alpha value is -0.120. The molecule has 100 valence electrons. The molecule has 17 heavy (non-hydrogen) atoms. The number of unbranched alkanes of at least 4 members (excludes halogenated alkanes) is 1. The van der Waals surface area contributed by atoms with E-state index in [-0.39, 0.29) is 5.54 Å². The zero-order valence-corrected chi connectivity index (χ0v) is 11.8. The predicted octanol–water partition coefficient (Wildman–Crippen LogP) is 1.67. The molecule has 2 N–H and O–H groups in total. The van der Waals surface area contributed by atoms with Crippen LogP contribution >= 0.6 is 0 Å². The summed E-state index contributed by atoms with van der Waals surface area (Å²) in [6.07, 6.45) is 6.64. The van der Waals surface area contributed by atoms with Crippen molar-refractivity contribution in [3.05, 3.63) is 0 Å². The highest BCUT2D eigenvalue weighted by Gasteiger charge is 2.48. The van der Waals surface area contributed by atoms with Gasteiger partial charge in [-0.3, -0.25) is 4.90 Å². The van der Waals surface area contributed by atoms with E-state index < -0.39 is 0 Å². The van der Waals surface area contributed by atoms with Crippen LogP contribution in [-0.4, -0.2) is 54.1 Å². The number of hydrogen-bond acceptors (Lipinski definition) is 3. The second-order valence-corrected chi connectivity index (χ2v) is 6.17. The van der Waals surface area contributed by atoms with E-state index in [0.717, 1.165) is 19.1 Å². The molecule has 0 aromatic carbocycles. The largest absolute Gasteiger partial charge is 0.329 e. The molecule has 0 aromatic rings. The quantitative estimate of drug-likeness (QED) is 0.765. The van der Waals surface area contributed by atoms with Crippen molar-refractivity contribution in [1.29, 1.82) is 0 Å². The van der Waals surface area contributed by atoms with Crippen LogP contribution in [0, 0.1) is 0 Å². The first-order chi connectivity index (χ1) is 8.13. The maximum Gasteiger partial charge on any atom is 0.0476 e. The zero-order valence-electron chi connectivity index (χ0n) is 11.8. The highest BCUT2D eigenvalue weighted by atomic mass is 15.3. The molecule has 0 aromatic heterocycles. The lowest BCUT2D eigenvalue weighted by molar-refractivity contribution is 0.0905. The Morgan fingerprint density at radius 1 is 1.41 bits per heavy atom. The molecular weight excluding hydrogens is 210 g/mol. The average Bonchev–Trinajstić information content (AvgIpc) is 3.08. The zero-order chi connectivity index (χ0) is 12.5. The van der Waals surface area contributed by atoms with E-state index in [1.807, 2.05) is 0 Å². The van der Waals surface area contributed by atoms with E-state index >= 15 is 0 Å². The first-order valence-electron chi connectivity index (χ1n) is 7.30. The Bertz CT molecular complexity index is 240. The maximum absolute atomic E-state index is 6.16. The van der Waals surface area contributed by atoms with Crippen LogP contribution in [0.15, 0.2) is 0 Å². The second-order valence-electron chi connectivity index (χ2n) is 6.17. The number of hydrogen-bond donors (Lipinski definition) is 1. The molecule has 2 fully saturated rings. The molecular formula is C14H29N3. The molecule has 0 radical (unpaired) electrons. The Labute approximate surface area is 106 Å². The van der Waals surface area contributed by atoms with Crippen LogP contribution in [0.2, 0.25) is 0 Å². The van der Waals surface area contributed by atoms with Crippen molar-refractivity contribution >= 4 is 0 Å². The minimum atomic E-state index is 0.268. The van der Waals surface area contributed by atoms with Gasteiger partial charge in [0.05, 0.1) is 0 Å². The van der Waals surface area contributed by atoms with E-state index in [9.17, 15) is 0 Å². The van der Waals surface area contributed by atoms with Gasteiger partial charge in [0.15, 0.2) is 0 Å². The smallest absolute Gasteiger partial charge is 0.0476 e. The fourth-order valence-electron chi connectivity index (χ4n) is 3.39. The molecule has 1 saturated heterocycles. The Morgan fingerprint density at radius 2 is 2.12 bits per heavy atom.